The third-order valence-corrected chi connectivity index (χ3v) is 3.72. The highest BCUT2D eigenvalue weighted by Gasteiger charge is 2.16. The van der Waals surface area contributed by atoms with Gasteiger partial charge < -0.3 is 19.5 Å². The van der Waals surface area contributed by atoms with Gasteiger partial charge in [-0.25, -0.2) is 4.98 Å². The number of hydrogen-bond acceptors (Lipinski definition) is 5. The van der Waals surface area contributed by atoms with Crippen LogP contribution in [0.1, 0.15) is 30.1 Å². The first-order valence-electron chi connectivity index (χ1n) is 7.90. The van der Waals surface area contributed by atoms with E-state index in [0.717, 1.165) is 12.8 Å². The first-order valence-corrected chi connectivity index (χ1v) is 8.28. The van der Waals surface area contributed by atoms with Gasteiger partial charge in [0.15, 0.2) is 11.5 Å². The van der Waals surface area contributed by atoms with Crippen molar-refractivity contribution in [2.45, 2.75) is 19.8 Å². The average Bonchev–Trinajstić information content (AvgIpc) is 2.63. The van der Waals surface area contributed by atoms with Gasteiger partial charge in [0, 0.05) is 11.6 Å². The maximum Gasteiger partial charge on any atom is 0.255 e. The van der Waals surface area contributed by atoms with Crippen LogP contribution in [-0.2, 0) is 0 Å². The van der Waals surface area contributed by atoms with Gasteiger partial charge in [-0.05, 0) is 24.6 Å². The lowest BCUT2D eigenvalue weighted by Crippen LogP contribution is -2.12. The van der Waals surface area contributed by atoms with Crippen LogP contribution in [0.3, 0.4) is 0 Å². The summed E-state index contributed by atoms with van der Waals surface area (Å²) in [6.45, 7) is 2.61. The van der Waals surface area contributed by atoms with Crippen molar-refractivity contribution in [3.8, 4) is 17.4 Å². The Kier molecular flexibility index (Phi) is 6.89. The number of benzene rings is 1. The third kappa shape index (κ3) is 5.00. The molecule has 1 heterocycles. The van der Waals surface area contributed by atoms with Gasteiger partial charge in [0.1, 0.15) is 0 Å². The zero-order chi connectivity index (χ0) is 18.2. The van der Waals surface area contributed by atoms with E-state index < -0.39 is 0 Å². The maximum absolute atomic E-state index is 12.4. The summed E-state index contributed by atoms with van der Waals surface area (Å²) in [5, 5.41) is 3.08. The van der Waals surface area contributed by atoms with E-state index in [9.17, 15) is 4.79 Å². The average molecular weight is 365 g/mol. The van der Waals surface area contributed by atoms with Crippen molar-refractivity contribution in [2.75, 3.05) is 26.1 Å². The molecule has 0 atom stereocenters. The number of nitrogens with one attached hydrogen (secondary N) is 1. The topological polar surface area (TPSA) is 69.7 Å². The predicted molar refractivity (Wildman–Crippen MR) is 97.1 cm³/mol. The molecule has 134 valence electrons. The molecule has 2 rings (SSSR count). The van der Waals surface area contributed by atoms with Crippen molar-refractivity contribution in [3.05, 3.63) is 41.0 Å². The van der Waals surface area contributed by atoms with E-state index in [-0.39, 0.29) is 5.91 Å². The molecule has 25 heavy (non-hydrogen) atoms. The zero-order valence-electron chi connectivity index (χ0n) is 14.5. The van der Waals surface area contributed by atoms with Crippen LogP contribution in [0.4, 0.5) is 5.69 Å². The van der Waals surface area contributed by atoms with Crippen LogP contribution in [0.15, 0.2) is 30.5 Å². The Bertz CT molecular complexity index is 720. The lowest BCUT2D eigenvalue weighted by Gasteiger charge is -2.14. The fraction of sp³-hybridized carbons (Fsp3) is 0.333. The smallest absolute Gasteiger partial charge is 0.255 e. The predicted octanol–water partition coefficient (Wildman–Crippen LogP) is 4.18. The van der Waals surface area contributed by atoms with Crippen molar-refractivity contribution in [3.63, 3.8) is 0 Å². The summed E-state index contributed by atoms with van der Waals surface area (Å²) >= 11 is 6.27. The van der Waals surface area contributed by atoms with E-state index >= 15 is 0 Å². The van der Waals surface area contributed by atoms with E-state index in [4.69, 9.17) is 25.8 Å². The summed E-state index contributed by atoms with van der Waals surface area (Å²) in [5.74, 6) is 1.01. The Morgan fingerprint density at radius 1 is 1.24 bits per heavy atom. The summed E-state index contributed by atoms with van der Waals surface area (Å²) in [6, 6.07) is 6.51. The first kappa shape index (κ1) is 18.9. The Morgan fingerprint density at radius 3 is 2.64 bits per heavy atom. The fourth-order valence-electron chi connectivity index (χ4n) is 2.09. The molecule has 0 spiro atoms. The highest BCUT2D eigenvalue weighted by Crippen LogP contribution is 2.36. The Labute approximate surface area is 152 Å². The number of halogens is 1. The van der Waals surface area contributed by atoms with E-state index in [1.165, 1.54) is 20.4 Å². The van der Waals surface area contributed by atoms with E-state index in [2.05, 4.69) is 17.2 Å². The molecule has 0 unspecified atom stereocenters. The highest BCUT2D eigenvalue weighted by molar-refractivity contribution is 6.32. The number of amides is 1. The normalized spacial score (nSPS) is 10.2. The van der Waals surface area contributed by atoms with E-state index in [1.54, 1.807) is 24.3 Å². The van der Waals surface area contributed by atoms with Crippen LogP contribution < -0.4 is 19.5 Å². The summed E-state index contributed by atoms with van der Waals surface area (Å²) in [6.07, 6.45) is 3.43. The Morgan fingerprint density at radius 2 is 2.04 bits per heavy atom. The van der Waals surface area contributed by atoms with Crippen LogP contribution in [0.2, 0.25) is 5.02 Å². The quantitative estimate of drug-likeness (QED) is 0.711. The molecular formula is C18H21ClN2O4. The first-order chi connectivity index (χ1) is 12.1. The number of ether oxygens (including phenoxy) is 3. The molecule has 7 heteroatoms. The molecule has 6 nitrogen and oxygen atoms in total. The van der Waals surface area contributed by atoms with E-state index in [0.29, 0.717) is 40.3 Å². The minimum atomic E-state index is -0.327. The number of pyridine rings is 1. The number of methoxy groups -OCH3 is 2. The number of anilines is 1. The van der Waals surface area contributed by atoms with Gasteiger partial charge in [0.2, 0.25) is 5.88 Å². The largest absolute Gasteiger partial charge is 0.493 e. The molecule has 0 aliphatic carbocycles. The summed E-state index contributed by atoms with van der Waals surface area (Å²) in [4.78, 5) is 16.5. The summed E-state index contributed by atoms with van der Waals surface area (Å²) in [5.41, 5.74) is 0.907. The van der Waals surface area contributed by atoms with Crippen LogP contribution >= 0.6 is 11.6 Å². The molecule has 0 radical (unpaired) electrons. The lowest BCUT2D eigenvalue weighted by atomic mass is 10.2. The van der Waals surface area contributed by atoms with Gasteiger partial charge in [-0.3, -0.25) is 4.79 Å². The van der Waals surface area contributed by atoms with E-state index in [1.807, 2.05) is 0 Å². The fourth-order valence-corrected chi connectivity index (χ4v) is 2.35. The lowest BCUT2D eigenvalue weighted by molar-refractivity contribution is 0.102. The van der Waals surface area contributed by atoms with Crippen LogP contribution in [0, 0.1) is 0 Å². The SMILES string of the molecule is CCCCOc1c(Cl)cc(C(=O)Nc2ccc(OC)nc2)cc1OC. The number of nitrogens with zero attached hydrogens (tertiary/aromatic N) is 1. The Hall–Kier alpha value is -2.47. The third-order valence-electron chi connectivity index (χ3n) is 3.44. The number of unbranched alkanes of at least 4 members (excludes halogenated alkanes) is 1. The minimum Gasteiger partial charge on any atom is -0.493 e. The second kappa shape index (κ2) is 9.13. The number of rotatable bonds is 8. The maximum atomic E-state index is 12.4. The van der Waals surface area contributed by atoms with Crippen molar-refractivity contribution in [1.29, 1.82) is 0 Å². The molecule has 1 aromatic carbocycles. The molecule has 0 aliphatic rings. The van der Waals surface area contributed by atoms with Gasteiger partial charge in [-0.15, -0.1) is 0 Å². The van der Waals surface area contributed by atoms with Crippen LogP contribution in [0.5, 0.6) is 17.4 Å². The number of hydrogen-bond donors (Lipinski definition) is 1. The summed E-state index contributed by atoms with van der Waals surface area (Å²) < 4.78 is 16.0. The highest BCUT2D eigenvalue weighted by atomic mass is 35.5. The van der Waals surface area contributed by atoms with Gasteiger partial charge in [-0.1, -0.05) is 24.9 Å². The molecule has 0 saturated heterocycles. The number of carbonyl (C=O) groups is 1. The molecule has 1 N–H and O–H groups in total. The van der Waals surface area contributed by atoms with Gasteiger partial charge in [0.25, 0.3) is 5.91 Å². The molecule has 0 fully saturated rings. The number of carbonyl (C=O) groups excluding carboxylic acids is 1. The molecule has 1 aromatic heterocycles. The molecule has 0 bridgehead atoms. The Balaban J connectivity index is 2.17. The zero-order valence-corrected chi connectivity index (χ0v) is 15.2. The molecule has 1 amide bonds. The van der Waals surface area contributed by atoms with Gasteiger partial charge in [-0.2, -0.15) is 0 Å². The molecule has 2 aromatic rings. The van der Waals surface area contributed by atoms with Crippen molar-refractivity contribution < 1.29 is 19.0 Å². The summed E-state index contributed by atoms with van der Waals surface area (Å²) in [7, 11) is 3.03. The van der Waals surface area contributed by atoms with Crippen molar-refractivity contribution >= 4 is 23.2 Å². The standard InChI is InChI=1S/C18H21ClN2O4/c1-4-5-8-25-17-14(19)9-12(10-15(17)23-2)18(22)21-13-6-7-16(24-3)20-11-13/h6-7,9-11H,4-5,8H2,1-3H3,(H,21,22). The molecule has 0 aliphatic heterocycles. The monoisotopic (exact) mass is 364 g/mol. The second-order valence-corrected chi connectivity index (χ2v) is 5.64. The van der Waals surface area contributed by atoms with Crippen molar-refractivity contribution in [1.82, 2.24) is 4.98 Å². The van der Waals surface area contributed by atoms with Gasteiger partial charge >= 0.3 is 0 Å². The molecule has 0 saturated carbocycles. The van der Waals surface area contributed by atoms with Crippen LogP contribution in [0.25, 0.3) is 0 Å². The molecular weight excluding hydrogens is 344 g/mol. The van der Waals surface area contributed by atoms with Crippen LogP contribution in [-0.4, -0.2) is 31.7 Å². The van der Waals surface area contributed by atoms with Gasteiger partial charge in [0.05, 0.1) is 37.7 Å². The van der Waals surface area contributed by atoms with Crippen molar-refractivity contribution in [2.24, 2.45) is 0 Å². The number of aromatic nitrogens is 1. The minimum absolute atomic E-state index is 0.327. The second-order valence-electron chi connectivity index (χ2n) is 5.23.